The summed E-state index contributed by atoms with van der Waals surface area (Å²) in [6.07, 6.45) is 5.65. The lowest BCUT2D eigenvalue weighted by Gasteiger charge is -2.42. The molecule has 0 bridgehead atoms. The molecule has 2 fully saturated rings. The number of nitriles is 1. The Labute approximate surface area is 160 Å². The van der Waals surface area contributed by atoms with E-state index in [1.54, 1.807) is 12.4 Å². The van der Waals surface area contributed by atoms with Crippen LogP contribution in [-0.2, 0) is 6.54 Å². The maximum atomic E-state index is 10.0. The fourth-order valence-corrected chi connectivity index (χ4v) is 4.62. The van der Waals surface area contributed by atoms with Crippen molar-refractivity contribution in [1.82, 2.24) is 14.9 Å². The van der Waals surface area contributed by atoms with Gasteiger partial charge in [-0.25, -0.2) is 9.97 Å². The lowest BCUT2D eigenvalue weighted by Crippen LogP contribution is -2.44. The molecule has 1 N–H and O–H groups in total. The van der Waals surface area contributed by atoms with Gasteiger partial charge >= 0.3 is 0 Å². The number of aliphatic hydroxyl groups excluding tert-OH is 1. The molecule has 2 aliphatic heterocycles. The van der Waals surface area contributed by atoms with Crippen molar-refractivity contribution in [3.63, 3.8) is 0 Å². The molecule has 0 radical (unpaired) electrons. The van der Waals surface area contributed by atoms with Crippen molar-refractivity contribution in [3.8, 4) is 6.07 Å². The number of benzene rings is 1. The van der Waals surface area contributed by atoms with Gasteiger partial charge < -0.3 is 10.0 Å². The molecule has 140 valence electrons. The summed E-state index contributed by atoms with van der Waals surface area (Å²) in [6, 6.07) is 12.0. The Balaban J connectivity index is 1.43. The van der Waals surface area contributed by atoms with E-state index in [0.717, 1.165) is 62.6 Å². The second kappa shape index (κ2) is 7.63. The fourth-order valence-electron chi connectivity index (χ4n) is 4.62. The van der Waals surface area contributed by atoms with E-state index in [1.165, 1.54) is 0 Å². The molecule has 3 heterocycles. The molecule has 0 amide bonds. The van der Waals surface area contributed by atoms with Crippen molar-refractivity contribution < 1.29 is 5.11 Å². The molecule has 2 saturated heterocycles. The van der Waals surface area contributed by atoms with Gasteiger partial charge in [0.2, 0.25) is 5.95 Å². The van der Waals surface area contributed by atoms with Gasteiger partial charge in [0.15, 0.2) is 0 Å². The zero-order chi connectivity index (χ0) is 18.7. The van der Waals surface area contributed by atoms with Crippen LogP contribution in [0, 0.1) is 22.7 Å². The lowest BCUT2D eigenvalue weighted by molar-refractivity contribution is 0.0506. The molecule has 1 aromatic carbocycles. The predicted molar refractivity (Wildman–Crippen MR) is 103 cm³/mol. The lowest BCUT2D eigenvalue weighted by atomic mass is 9.71. The first-order chi connectivity index (χ1) is 13.2. The Morgan fingerprint density at radius 3 is 2.59 bits per heavy atom. The van der Waals surface area contributed by atoms with Gasteiger partial charge in [-0.2, -0.15) is 5.26 Å². The van der Waals surface area contributed by atoms with E-state index in [-0.39, 0.29) is 17.9 Å². The molecule has 1 aromatic heterocycles. The second-order valence-electron chi connectivity index (χ2n) is 7.72. The van der Waals surface area contributed by atoms with Gasteiger partial charge in [-0.15, -0.1) is 0 Å². The average Bonchev–Trinajstić information content (AvgIpc) is 3.09. The highest BCUT2D eigenvalue weighted by molar-refractivity contribution is 5.37. The number of likely N-dealkylation sites (tertiary alicyclic amines) is 1. The third kappa shape index (κ3) is 3.53. The van der Waals surface area contributed by atoms with Crippen molar-refractivity contribution in [3.05, 3.63) is 53.9 Å². The molecular weight excluding hydrogens is 338 g/mol. The van der Waals surface area contributed by atoms with Crippen molar-refractivity contribution in [2.45, 2.75) is 19.4 Å². The molecule has 6 heteroatoms. The van der Waals surface area contributed by atoms with Gasteiger partial charge in [0.1, 0.15) is 0 Å². The van der Waals surface area contributed by atoms with E-state index >= 15 is 0 Å². The van der Waals surface area contributed by atoms with Crippen LogP contribution in [0.3, 0.4) is 0 Å². The Bertz CT molecular complexity index is 811. The summed E-state index contributed by atoms with van der Waals surface area (Å²) in [7, 11) is 0. The van der Waals surface area contributed by atoms with Gasteiger partial charge in [0, 0.05) is 44.6 Å². The molecule has 0 saturated carbocycles. The summed E-state index contributed by atoms with van der Waals surface area (Å²) in [4.78, 5) is 13.4. The molecule has 2 aliphatic rings. The van der Waals surface area contributed by atoms with Gasteiger partial charge in [-0.1, -0.05) is 18.2 Å². The molecular formula is C21H25N5O. The monoisotopic (exact) mass is 363 g/mol. The van der Waals surface area contributed by atoms with E-state index in [2.05, 4.69) is 25.8 Å². The standard InChI is InChI=1S/C21H25N5O/c22-12-17-4-1-2-5-18(17)13-25-10-6-21(7-11-25)16-26(14-19(21)15-27)20-23-8-3-9-24-20/h1-5,8-9,19,27H,6-7,10-11,13-16H2. The second-order valence-corrected chi connectivity index (χ2v) is 7.72. The third-order valence-corrected chi connectivity index (χ3v) is 6.25. The molecule has 1 atom stereocenters. The number of piperidine rings is 1. The number of anilines is 1. The first kappa shape index (κ1) is 17.9. The third-order valence-electron chi connectivity index (χ3n) is 6.25. The van der Waals surface area contributed by atoms with Crippen LogP contribution in [-0.4, -0.2) is 52.8 Å². The van der Waals surface area contributed by atoms with Crippen molar-refractivity contribution >= 4 is 5.95 Å². The minimum absolute atomic E-state index is 0.124. The maximum absolute atomic E-state index is 10.0. The van der Waals surface area contributed by atoms with Crippen LogP contribution in [0.4, 0.5) is 5.95 Å². The number of aromatic nitrogens is 2. The number of hydrogen-bond donors (Lipinski definition) is 1. The highest BCUT2D eigenvalue weighted by atomic mass is 16.3. The molecule has 27 heavy (non-hydrogen) atoms. The molecule has 2 aromatic rings. The Hall–Kier alpha value is -2.49. The van der Waals surface area contributed by atoms with Gasteiger partial charge in [0.05, 0.1) is 11.6 Å². The summed E-state index contributed by atoms with van der Waals surface area (Å²) in [5.41, 5.74) is 1.99. The predicted octanol–water partition coefficient (Wildman–Crippen LogP) is 2.06. The zero-order valence-electron chi connectivity index (χ0n) is 15.5. The summed E-state index contributed by atoms with van der Waals surface area (Å²) in [5, 5.41) is 19.3. The minimum Gasteiger partial charge on any atom is -0.396 e. The largest absolute Gasteiger partial charge is 0.396 e. The zero-order valence-corrected chi connectivity index (χ0v) is 15.5. The minimum atomic E-state index is 0.124. The van der Waals surface area contributed by atoms with Crippen LogP contribution in [0.25, 0.3) is 0 Å². The average molecular weight is 363 g/mol. The van der Waals surface area contributed by atoms with Crippen LogP contribution >= 0.6 is 0 Å². The molecule has 4 rings (SSSR count). The summed E-state index contributed by atoms with van der Waals surface area (Å²) >= 11 is 0. The van der Waals surface area contributed by atoms with Gasteiger partial charge in [-0.05, 0) is 49.0 Å². The van der Waals surface area contributed by atoms with Crippen LogP contribution in [0.2, 0.25) is 0 Å². The smallest absolute Gasteiger partial charge is 0.225 e. The van der Waals surface area contributed by atoms with E-state index in [0.29, 0.717) is 0 Å². The van der Waals surface area contributed by atoms with E-state index in [9.17, 15) is 10.4 Å². The van der Waals surface area contributed by atoms with Crippen molar-refractivity contribution in [2.24, 2.45) is 11.3 Å². The summed E-state index contributed by atoms with van der Waals surface area (Å²) in [5.74, 6) is 1.02. The quantitative estimate of drug-likeness (QED) is 0.896. The number of nitrogens with zero attached hydrogens (tertiary/aromatic N) is 5. The normalized spacial score (nSPS) is 22.1. The fraction of sp³-hybridized carbons (Fsp3) is 0.476. The van der Waals surface area contributed by atoms with Crippen LogP contribution in [0.1, 0.15) is 24.0 Å². The number of rotatable bonds is 4. The van der Waals surface area contributed by atoms with Crippen molar-refractivity contribution in [2.75, 3.05) is 37.7 Å². The highest BCUT2D eigenvalue weighted by Crippen LogP contribution is 2.45. The van der Waals surface area contributed by atoms with Crippen LogP contribution in [0.5, 0.6) is 0 Å². The van der Waals surface area contributed by atoms with Crippen molar-refractivity contribution in [1.29, 1.82) is 5.26 Å². The summed E-state index contributed by atoms with van der Waals surface area (Å²) in [6.45, 7) is 4.72. The van der Waals surface area contributed by atoms with Gasteiger partial charge in [-0.3, -0.25) is 4.90 Å². The molecule has 1 spiro atoms. The van der Waals surface area contributed by atoms with E-state index in [4.69, 9.17) is 0 Å². The molecule has 1 unspecified atom stereocenters. The Morgan fingerprint density at radius 2 is 1.89 bits per heavy atom. The highest BCUT2D eigenvalue weighted by Gasteiger charge is 2.48. The SMILES string of the molecule is N#Cc1ccccc1CN1CCC2(CC1)CN(c1ncccn1)CC2CO. The number of aliphatic hydroxyl groups is 1. The first-order valence-corrected chi connectivity index (χ1v) is 9.57. The topological polar surface area (TPSA) is 76.3 Å². The Kier molecular flexibility index (Phi) is 5.06. The summed E-state index contributed by atoms with van der Waals surface area (Å²) < 4.78 is 0. The van der Waals surface area contributed by atoms with Crippen LogP contribution in [0.15, 0.2) is 42.7 Å². The number of hydrogen-bond acceptors (Lipinski definition) is 6. The Morgan fingerprint density at radius 1 is 1.15 bits per heavy atom. The maximum Gasteiger partial charge on any atom is 0.225 e. The molecule has 0 aliphatic carbocycles. The first-order valence-electron chi connectivity index (χ1n) is 9.57. The van der Waals surface area contributed by atoms with E-state index in [1.807, 2.05) is 30.3 Å². The van der Waals surface area contributed by atoms with Gasteiger partial charge in [0.25, 0.3) is 0 Å². The van der Waals surface area contributed by atoms with E-state index < -0.39 is 0 Å². The molecule has 6 nitrogen and oxygen atoms in total. The van der Waals surface area contributed by atoms with Crippen LogP contribution < -0.4 is 4.90 Å².